The van der Waals surface area contributed by atoms with Gasteiger partial charge in [0, 0.05) is 6.54 Å². The Morgan fingerprint density at radius 3 is 2.67 bits per heavy atom. The van der Waals surface area contributed by atoms with Gasteiger partial charge in [0.25, 0.3) is 5.91 Å². The zero-order chi connectivity index (χ0) is 15.4. The lowest BCUT2D eigenvalue weighted by Crippen LogP contribution is -2.55. The van der Waals surface area contributed by atoms with Gasteiger partial charge in [-0.1, -0.05) is 17.7 Å². The largest absolute Gasteiger partial charge is 0.481 e. The molecule has 1 amide bonds. The number of aliphatic carboxylic acids is 1. The summed E-state index contributed by atoms with van der Waals surface area (Å²) in [7, 11) is 0. The monoisotopic (exact) mass is 293 g/mol. The van der Waals surface area contributed by atoms with Gasteiger partial charge >= 0.3 is 5.97 Å². The molecule has 1 heterocycles. The van der Waals surface area contributed by atoms with Gasteiger partial charge in [0.05, 0.1) is 13.2 Å². The summed E-state index contributed by atoms with van der Waals surface area (Å²) >= 11 is 0. The number of hydrogen-bond acceptors (Lipinski definition) is 4. The Morgan fingerprint density at radius 2 is 2.05 bits per heavy atom. The Morgan fingerprint density at radius 1 is 1.38 bits per heavy atom. The van der Waals surface area contributed by atoms with Gasteiger partial charge in [0.2, 0.25) is 0 Å². The summed E-state index contributed by atoms with van der Waals surface area (Å²) in [4.78, 5) is 24.8. The molecular weight excluding hydrogens is 274 g/mol. The number of nitrogens with zero attached hydrogens (tertiary/aromatic N) is 1. The van der Waals surface area contributed by atoms with E-state index in [1.165, 1.54) is 4.90 Å². The maximum atomic E-state index is 12.4. The third-order valence-electron chi connectivity index (χ3n) is 3.38. The van der Waals surface area contributed by atoms with Crippen LogP contribution in [0.5, 0.6) is 5.75 Å². The molecule has 1 fully saturated rings. The first-order chi connectivity index (χ1) is 9.99. The average molecular weight is 293 g/mol. The van der Waals surface area contributed by atoms with Crippen molar-refractivity contribution in [2.75, 3.05) is 19.8 Å². The molecule has 2 atom stereocenters. The molecule has 1 N–H and O–H groups in total. The highest BCUT2D eigenvalue weighted by molar-refractivity contribution is 5.86. The molecule has 6 heteroatoms. The fraction of sp³-hybridized carbons (Fsp3) is 0.467. The number of benzene rings is 1. The first-order valence-corrected chi connectivity index (χ1v) is 6.83. The van der Waals surface area contributed by atoms with E-state index in [4.69, 9.17) is 14.6 Å². The van der Waals surface area contributed by atoms with Crippen molar-refractivity contribution >= 4 is 11.9 Å². The van der Waals surface area contributed by atoms with Crippen molar-refractivity contribution in [1.82, 2.24) is 4.90 Å². The molecule has 0 bridgehead atoms. The van der Waals surface area contributed by atoms with Gasteiger partial charge in [-0.05, 0) is 26.0 Å². The molecule has 0 aromatic heterocycles. The quantitative estimate of drug-likeness (QED) is 0.899. The number of carboxylic acids is 1. The zero-order valence-corrected chi connectivity index (χ0v) is 12.1. The molecule has 1 aliphatic heterocycles. The normalized spacial score (nSPS) is 19.9. The minimum atomic E-state index is -1.06. The van der Waals surface area contributed by atoms with Crippen LogP contribution in [0.4, 0.5) is 0 Å². The van der Waals surface area contributed by atoms with Crippen LogP contribution < -0.4 is 4.74 Å². The standard InChI is InChI=1S/C15H19NO5/c1-10-3-5-12(6-4-10)21-11(2)14(17)16-7-8-20-9-13(16)15(18)19/h3-6,11,13H,7-9H2,1-2H3,(H,18,19)/t11-,13-/m1/s1. The summed E-state index contributed by atoms with van der Waals surface area (Å²) in [6, 6.07) is 6.40. The van der Waals surface area contributed by atoms with E-state index in [9.17, 15) is 9.59 Å². The van der Waals surface area contributed by atoms with Crippen LogP contribution >= 0.6 is 0 Å². The number of amides is 1. The number of morpholine rings is 1. The number of rotatable bonds is 4. The predicted molar refractivity (Wildman–Crippen MR) is 75.2 cm³/mol. The topological polar surface area (TPSA) is 76.1 Å². The molecule has 0 radical (unpaired) electrons. The van der Waals surface area contributed by atoms with Gasteiger partial charge < -0.3 is 19.5 Å². The molecule has 1 saturated heterocycles. The van der Waals surface area contributed by atoms with Crippen LogP contribution in [0.25, 0.3) is 0 Å². The Balaban J connectivity index is 2.03. The fourth-order valence-corrected chi connectivity index (χ4v) is 2.18. The van der Waals surface area contributed by atoms with E-state index in [1.54, 1.807) is 19.1 Å². The lowest BCUT2D eigenvalue weighted by atomic mass is 10.2. The number of ether oxygens (including phenoxy) is 2. The first-order valence-electron chi connectivity index (χ1n) is 6.83. The van der Waals surface area contributed by atoms with Gasteiger partial charge in [-0.15, -0.1) is 0 Å². The Labute approximate surface area is 123 Å². The highest BCUT2D eigenvalue weighted by Crippen LogP contribution is 2.16. The summed E-state index contributed by atoms with van der Waals surface area (Å²) in [6.45, 7) is 4.20. The van der Waals surface area contributed by atoms with Crippen LogP contribution in [0.1, 0.15) is 12.5 Å². The molecule has 1 aromatic carbocycles. The molecule has 0 unspecified atom stereocenters. The fourth-order valence-electron chi connectivity index (χ4n) is 2.18. The Kier molecular flexibility index (Phi) is 4.80. The predicted octanol–water partition coefficient (Wildman–Crippen LogP) is 1.07. The smallest absolute Gasteiger partial charge is 0.328 e. The second-order valence-corrected chi connectivity index (χ2v) is 5.03. The molecule has 6 nitrogen and oxygen atoms in total. The molecule has 1 aliphatic rings. The summed E-state index contributed by atoms with van der Waals surface area (Å²) in [5.41, 5.74) is 1.10. The number of carbonyl (C=O) groups is 2. The summed E-state index contributed by atoms with van der Waals surface area (Å²) in [6.07, 6.45) is -0.743. The molecule has 2 rings (SSSR count). The minimum Gasteiger partial charge on any atom is -0.481 e. The van der Waals surface area contributed by atoms with Gasteiger partial charge in [-0.25, -0.2) is 4.79 Å². The van der Waals surface area contributed by atoms with Crippen LogP contribution in [0.3, 0.4) is 0 Å². The van der Waals surface area contributed by atoms with Crippen molar-refractivity contribution in [1.29, 1.82) is 0 Å². The number of carbonyl (C=O) groups excluding carboxylic acids is 1. The maximum absolute atomic E-state index is 12.4. The van der Waals surface area contributed by atoms with E-state index in [0.717, 1.165) is 5.56 Å². The molecule has 1 aromatic rings. The summed E-state index contributed by atoms with van der Waals surface area (Å²) < 4.78 is 10.7. The number of aryl methyl sites for hydroxylation is 1. The Bertz CT molecular complexity index is 513. The van der Waals surface area contributed by atoms with Crippen molar-refractivity contribution in [3.05, 3.63) is 29.8 Å². The molecular formula is C15H19NO5. The van der Waals surface area contributed by atoms with E-state index < -0.39 is 18.1 Å². The minimum absolute atomic E-state index is 0.0122. The van der Waals surface area contributed by atoms with E-state index in [-0.39, 0.29) is 19.1 Å². The molecule has 114 valence electrons. The lowest BCUT2D eigenvalue weighted by Gasteiger charge is -2.34. The second kappa shape index (κ2) is 6.58. The van der Waals surface area contributed by atoms with Crippen molar-refractivity contribution in [2.45, 2.75) is 26.0 Å². The summed E-state index contributed by atoms with van der Waals surface area (Å²) in [5, 5.41) is 9.14. The molecule has 21 heavy (non-hydrogen) atoms. The van der Waals surface area contributed by atoms with Crippen molar-refractivity contribution < 1.29 is 24.2 Å². The van der Waals surface area contributed by atoms with E-state index in [1.807, 2.05) is 19.1 Å². The third-order valence-corrected chi connectivity index (χ3v) is 3.38. The van der Waals surface area contributed by atoms with Gasteiger partial charge in [-0.3, -0.25) is 4.79 Å². The summed E-state index contributed by atoms with van der Waals surface area (Å²) in [5.74, 6) is -0.821. The van der Waals surface area contributed by atoms with Crippen LogP contribution in [0, 0.1) is 6.92 Å². The second-order valence-electron chi connectivity index (χ2n) is 5.03. The van der Waals surface area contributed by atoms with Gasteiger partial charge in [0.15, 0.2) is 12.1 Å². The SMILES string of the molecule is Cc1ccc(O[C@H](C)C(=O)N2CCOC[C@@H]2C(=O)O)cc1. The zero-order valence-electron chi connectivity index (χ0n) is 12.1. The number of carboxylic acid groups (broad SMARTS) is 1. The van der Waals surface area contributed by atoms with E-state index >= 15 is 0 Å². The highest BCUT2D eigenvalue weighted by atomic mass is 16.5. The molecule has 0 saturated carbocycles. The lowest BCUT2D eigenvalue weighted by molar-refractivity contribution is -0.161. The van der Waals surface area contributed by atoms with Crippen LogP contribution in [0.2, 0.25) is 0 Å². The van der Waals surface area contributed by atoms with Gasteiger partial charge in [0.1, 0.15) is 5.75 Å². The first kappa shape index (κ1) is 15.3. The maximum Gasteiger partial charge on any atom is 0.328 e. The van der Waals surface area contributed by atoms with Crippen molar-refractivity contribution in [3.8, 4) is 5.75 Å². The van der Waals surface area contributed by atoms with Crippen molar-refractivity contribution in [3.63, 3.8) is 0 Å². The van der Waals surface area contributed by atoms with Gasteiger partial charge in [-0.2, -0.15) is 0 Å². The molecule has 0 aliphatic carbocycles. The molecule has 0 spiro atoms. The third kappa shape index (κ3) is 3.72. The number of hydrogen-bond donors (Lipinski definition) is 1. The van der Waals surface area contributed by atoms with Crippen molar-refractivity contribution in [2.24, 2.45) is 0 Å². The van der Waals surface area contributed by atoms with Crippen LogP contribution in [-0.2, 0) is 14.3 Å². The Hall–Kier alpha value is -2.08. The van der Waals surface area contributed by atoms with Crippen LogP contribution in [-0.4, -0.2) is 53.8 Å². The van der Waals surface area contributed by atoms with E-state index in [2.05, 4.69) is 0 Å². The van der Waals surface area contributed by atoms with E-state index in [0.29, 0.717) is 12.4 Å². The van der Waals surface area contributed by atoms with Crippen LogP contribution in [0.15, 0.2) is 24.3 Å². The highest BCUT2D eigenvalue weighted by Gasteiger charge is 2.35. The average Bonchev–Trinajstić information content (AvgIpc) is 2.48.